The smallest absolute Gasteiger partial charge is 0.254 e. The second-order valence-electron chi connectivity index (χ2n) is 2.95. The third kappa shape index (κ3) is 1.72. The number of rotatable bonds is 4. The highest BCUT2D eigenvalue weighted by Gasteiger charge is 2.33. The summed E-state index contributed by atoms with van der Waals surface area (Å²) in [7, 11) is 0. The van der Waals surface area contributed by atoms with Gasteiger partial charge in [0.15, 0.2) is 5.78 Å². The molecule has 0 unspecified atom stereocenters. The van der Waals surface area contributed by atoms with Gasteiger partial charge < -0.3 is 5.73 Å². The maximum atomic E-state index is 11.4. The van der Waals surface area contributed by atoms with Crippen LogP contribution in [0.4, 0.5) is 0 Å². The fourth-order valence-corrected chi connectivity index (χ4v) is 1.34. The summed E-state index contributed by atoms with van der Waals surface area (Å²) in [5.74, 6) is -1.13. The second-order valence-corrected chi connectivity index (χ2v) is 2.95. The van der Waals surface area contributed by atoms with Gasteiger partial charge in [-0.05, 0) is 0 Å². The summed E-state index contributed by atoms with van der Waals surface area (Å²) in [5.41, 5.74) is 5.36. The summed E-state index contributed by atoms with van der Waals surface area (Å²) >= 11 is 0. The Labute approximate surface area is 81.5 Å². The predicted molar refractivity (Wildman–Crippen MR) is 49.1 cm³/mol. The first-order chi connectivity index (χ1) is 6.61. The molecule has 1 atom stereocenters. The largest absolute Gasteiger partial charge is 0.328 e. The molecule has 5 heteroatoms. The average molecular weight is 196 g/mol. The number of carbonyl (C=O) groups is 3. The average Bonchev–Trinajstić information content (AvgIpc) is 2.50. The van der Waals surface area contributed by atoms with Crippen LogP contribution < -0.4 is 5.73 Å². The van der Waals surface area contributed by atoms with Crippen LogP contribution in [-0.4, -0.2) is 35.1 Å². The van der Waals surface area contributed by atoms with Gasteiger partial charge >= 0.3 is 0 Å². The van der Waals surface area contributed by atoms with Crippen molar-refractivity contribution in [3.8, 4) is 0 Å². The Bertz CT molecular complexity index is 291. The summed E-state index contributed by atoms with van der Waals surface area (Å²) in [4.78, 5) is 34.7. The molecule has 0 fully saturated rings. The molecule has 2 N–H and O–H groups in total. The molecule has 5 nitrogen and oxygen atoms in total. The quantitative estimate of drug-likeness (QED) is 0.598. The number of nitrogens with two attached hydrogens (primary N) is 1. The third-order valence-electron chi connectivity index (χ3n) is 2.10. The molecule has 1 heterocycles. The highest BCUT2D eigenvalue weighted by Crippen LogP contribution is 2.10. The fourth-order valence-electron chi connectivity index (χ4n) is 1.34. The number of amides is 2. The SMILES string of the molecule is CCC(=O)[C@H](CN)N1C(=O)C=CC1=O. The van der Waals surface area contributed by atoms with E-state index >= 15 is 0 Å². The van der Waals surface area contributed by atoms with E-state index < -0.39 is 17.9 Å². The van der Waals surface area contributed by atoms with Crippen LogP contribution in [0.3, 0.4) is 0 Å². The van der Waals surface area contributed by atoms with Crippen LogP contribution in [0.5, 0.6) is 0 Å². The van der Waals surface area contributed by atoms with Gasteiger partial charge in [-0.3, -0.25) is 19.3 Å². The lowest BCUT2D eigenvalue weighted by Gasteiger charge is -2.22. The number of nitrogens with zero attached hydrogens (tertiary/aromatic N) is 1. The van der Waals surface area contributed by atoms with Crippen LogP contribution in [0.25, 0.3) is 0 Å². The van der Waals surface area contributed by atoms with Crippen molar-refractivity contribution in [2.24, 2.45) is 5.73 Å². The van der Waals surface area contributed by atoms with Crippen molar-refractivity contribution < 1.29 is 14.4 Å². The Morgan fingerprint density at radius 3 is 2.29 bits per heavy atom. The van der Waals surface area contributed by atoms with E-state index in [9.17, 15) is 14.4 Å². The minimum atomic E-state index is -0.810. The lowest BCUT2D eigenvalue weighted by atomic mass is 10.1. The molecule has 0 aromatic heterocycles. The molecule has 0 saturated carbocycles. The first-order valence-corrected chi connectivity index (χ1v) is 4.39. The van der Waals surface area contributed by atoms with Gasteiger partial charge in [0.1, 0.15) is 6.04 Å². The topological polar surface area (TPSA) is 80.5 Å². The van der Waals surface area contributed by atoms with Crippen LogP contribution in [-0.2, 0) is 14.4 Å². The van der Waals surface area contributed by atoms with E-state index in [1.54, 1.807) is 6.92 Å². The second kappa shape index (κ2) is 4.15. The molecule has 0 saturated heterocycles. The predicted octanol–water partition coefficient (Wildman–Crippen LogP) is -0.782. The van der Waals surface area contributed by atoms with Gasteiger partial charge in [0.05, 0.1) is 0 Å². The molecule has 0 aromatic rings. The monoisotopic (exact) mass is 196 g/mol. The first-order valence-electron chi connectivity index (χ1n) is 4.39. The number of ketones is 1. The molecule has 0 bridgehead atoms. The summed E-state index contributed by atoms with van der Waals surface area (Å²) in [6.45, 7) is 1.65. The van der Waals surface area contributed by atoms with Gasteiger partial charge in [0.2, 0.25) is 0 Å². The van der Waals surface area contributed by atoms with E-state index in [1.807, 2.05) is 0 Å². The van der Waals surface area contributed by atoms with Crippen LogP contribution >= 0.6 is 0 Å². The number of hydrogen-bond donors (Lipinski definition) is 1. The number of hydrogen-bond acceptors (Lipinski definition) is 4. The highest BCUT2D eigenvalue weighted by atomic mass is 16.2. The zero-order valence-corrected chi connectivity index (χ0v) is 7.90. The highest BCUT2D eigenvalue weighted by molar-refractivity contribution is 6.15. The Hall–Kier alpha value is -1.49. The molecular formula is C9H12N2O3. The molecule has 0 aliphatic carbocycles. The zero-order chi connectivity index (χ0) is 10.7. The Morgan fingerprint density at radius 2 is 1.93 bits per heavy atom. The number of Topliss-reactive ketones (excluding diaryl/α,β-unsaturated/α-hetero) is 1. The summed E-state index contributed by atoms with van der Waals surface area (Å²) in [6.07, 6.45) is 2.56. The molecule has 0 aromatic carbocycles. The van der Waals surface area contributed by atoms with Crippen molar-refractivity contribution in [3.05, 3.63) is 12.2 Å². The molecule has 2 amide bonds. The van der Waals surface area contributed by atoms with E-state index in [0.29, 0.717) is 0 Å². The fraction of sp³-hybridized carbons (Fsp3) is 0.444. The number of imide groups is 1. The normalized spacial score (nSPS) is 17.7. The Morgan fingerprint density at radius 1 is 1.43 bits per heavy atom. The molecule has 1 aliphatic heterocycles. The van der Waals surface area contributed by atoms with Gasteiger partial charge in [-0.1, -0.05) is 6.92 Å². The molecule has 0 radical (unpaired) electrons. The van der Waals surface area contributed by atoms with Crippen LogP contribution in [0.2, 0.25) is 0 Å². The number of carbonyl (C=O) groups excluding carboxylic acids is 3. The Kier molecular flexibility index (Phi) is 3.14. The first kappa shape index (κ1) is 10.6. The maximum Gasteiger partial charge on any atom is 0.254 e. The molecule has 14 heavy (non-hydrogen) atoms. The van der Waals surface area contributed by atoms with Gasteiger partial charge in [0, 0.05) is 25.1 Å². The standard InChI is InChI=1S/C9H12N2O3/c1-2-7(12)6(5-10)11-8(13)3-4-9(11)14/h3-4,6H,2,5,10H2,1H3/t6-/m0/s1. The third-order valence-corrected chi connectivity index (χ3v) is 2.10. The lowest BCUT2D eigenvalue weighted by Crippen LogP contribution is -2.49. The summed E-state index contributed by atoms with van der Waals surface area (Å²) in [6, 6.07) is -0.810. The van der Waals surface area contributed by atoms with Gasteiger partial charge in [-0.2, -0.15) is 0 Å². The molecule has 1 aliphatic rings. The van der Waals surface area contributed by atoms with E-state index in [1.165, 1.54) is 0 Å². The van der Waals surface area contributed by atoms with Gasteiger partial charge in [0.25, 0.3) is 11.8 Å². The van der Waals surface area contributed by atoms with E-state index in [4.69, 9.17) is 5.73 Å². The van der Waals surface area contributed by atoms with E-state index in [0.717, 1.165) is 17.1 Å². The van der Waals surface area contributed by atoms with Crippen molar-refractivity contribution in [1.29, 1.82) is 0 Å². The Balaban J connectivity index is 2.85. The van der Waals surface area contributed by atoms with Crippen molar-refractivity contribution in [2.45, 2.75) is 19.4 Å². The van der Waals surface area contributed by atoms with Crippen LogP contribution in [0, 0.1) is 0 Å². The molecule has 0 spiro atoms. The molecule has 1 rings (SSSR count). The van der Waals surface area contributed by atoms with E-state index in [-0.39, 0.29) is 18.7 Å². The minimum Gasteiger partial charge on any atom is -0.328 e. The molecule has 76 valence electrons. The van der Waals surface area contributed by atoms with Crippen molar-refractivity contribution in [3.63, 3.8) is 0 Å². The molecular weight excluding hydrogens is 184 g/mol. The van der Waals surface area contributed by atoms with Crippen LogP contribution in [0.15, 0.2) is 12.2 Å². The summed E-state index contributed by atoms with van der Waals surface area (Å²) < 4.78 is 0. The van der Waals surface area contributed by atoms with Crippen molar-refractivity contribution in [1.82, 2.24) is 4.90 Å². The van der Waals surface area contributed by atoms with Crippen molar-refractivity contribution in [2.75, 3.05) is 6.54 Å². The lowest BCUT2D eigenvalue weighted by molar-refractivity contribution is -0.144. The van der Waals surface area contributed by atoms with Crippen molar-refractivity contribution >= 4 is 17.6 Å². The van der Waals surface area contributed by atoms with Crippen LogP contribution in [0.1, 0.15) is 13.3 Å². The minimum absolute atomic E-state index is 0.0220. The maximum absolute atomic E-state index is 11.4. The zero-order valence-electron chi connectivity index (χ0n) is 7.90. The van der Waals surface area contributed by atoms with Gasteiger partial charge in [-0.15, -0.1) is 0 Å². The van der Waals surface area contributed by atoms with E-state index in [2.05, 4.69) is 0 Å². The summed E-state index contributed by atoms with van der Waals surface area (Å²) in [5, 5.41) is 0. The van der Waals surface area contributed by atoms with Gasteiger partial charge in [-0.25, -0.2) is 0 Å².